The number of hydrogen-bond acceptors (Lipinski definition) is 5. The first-order valence-electron chi connectivity index (χ1n) is 11.9. The first kappa shape index (κ1) is 23.6. The predicted octanol–water partition coefficient (Wildman–Crippen LogP) is 4.53. The maximum absolute atomic E-state index is 14.0. The molecule has 3 heterocycles. The molecule has 0 unspecified atom stereocenters. The number of carbonyl (C=O) groups excluding carboxylic acids is 3. The number of hydrogen-bond donors (Lipinski definition) is 0. The molecule has 3 aliphatic heterocycles. The number of azide groups is 1. The van der Waals surface area contributed by atoms with Gasteiger partial charge >= 0.3 is 0 Å². The molecule has 3 aliphatic rings. The van der Waals surface area contributed by atoms with E-state index in [1.54, 1.807) is 24.0 Å². The minimum atomic E-state index is -1.01. The molecule has 0 radical (unpaired) electrons. The van der Waals surface area contributed by atoms with E-state index in [1.165, 1.54) is 12.1 Å². The molecule has 0 spiro atoms. The molecule has 2 aromatic carbocycles. The van der Waals surface area contributed by atoms with Crippen LogP contribution in [0.25, 0.3) is 10.4 Å². The van der Waals surface area contributed by atoms with Crippen LogP contribution in [0.3, 0.4) is 0 Å². The highest BCUT2D eigenvalue weighted by molar-refractivity contribution is 6.13. The fourth-order valence-corrected chi connectivity index (χ4v) is 6.45. The first-order chi connectivity index (χ1) is 17.1. The summed E-state index contributed by atoms with van der Waals surface area (Å²) in [5, 5.41) is 3.60. The molecule has 184 valence electrons. The summed E-state index contributed by atoms with van der Waals surface area (Å²) in [5.74, 6) is -1.37. The number of amides is 3. The molecule has 5 rings (SSSR count). The number of para-hydroxylation sites is 1. The molecule has 2 saturated heterocycles. The summed E-state index contributed by atoms with van der Waals surface area (Å²) in [6, 6.07) is 12.5. The fourth-order valence-electron chi connectivity index (χ4n) is 6.45. The molecule has 9 heteroatoms. The molecule has 36 heavy (non-hydrogen) atoms. The summed E-state index contributed by atoms with van der Waals surface area (Å²) in [5.41, 5.74) is 10.1. The lowest BCUT2D eigenvalue weighted by Gasteiger charge is -2.46. The minimum absolute atomic E-state index is 0.0820. The monoisotopic (exact) mass is 484 g/mol. The zero-order valence-electron chi connectivity index (χ0n) is 20.8. The molecule has 0 N–H and O–H groups in total. The Hall–Kier alpha value is -4.10. The molecular formula is C27H28N6O3. The number of benzene rings is 2. The van der Waals surface area contributed by atoms with Crippen molar-refractivity contribution in [1.29, 1.82) is 0 Å². The van der Waals surface area contributed by atoms with E-state index in [-0.39, 0.29) is 17.2 Å². The SMILES string of the molecule is C=CC(C)(C)[C@@]12C[C@H]3C(=O)N(C(=O)c4ccccc4N=[N+]=[N-])[C@H](C)C(=O)N3[C@@H]1N(C)c1ccccc12. The summed E-state index contributed by atoms with van der Waals surface area (Å²) in [6.07, 6.45) is 1.85. The van der Waals surface area contributed by atoms with Gasteiger partial charge < -0.3 is 9.80 Å². The van der Waals surface area contributed by atoms with Crippen molar-refractivity contribution in [2.45, 2.75) is 50.9 Å². The topological polar surface area (TPSA) is 110 Å². The Kier molecular flexibility index (Phi) is 5.23. The minimum Gasteiger partial charge on any atom is -0.353 e. The van der Waals surface area contributed by atoms with Crippen LogP contribution in [0.1, 0.15) is 43.1 Å². The molecule has 2 aromatic rings. The van der Waals surface area contributed by atoms with Crippen molar-refractivity contribution in [3.63, 3.8) is 0 Å². The van der Waals surface area contributed by atoms with Crippen LogP contribution in [0.4, 0.5) is 11.4 Å². The number of fused-ring (bicyclic) bond motifs is 5. The van der Waals surface area contributed by atoms with Gasteiger partial charge in [0, 0.05) is 28.6 Å². The van der Waals surface area contributed by atoms with Gasteiger partial charge in [0.2, 0.25) is 5.91 Å². The van der Waals surface area contributed by atoms with E-state index in [4.69, 9.17) is 5.53 Å². The molecule has 0 aromatic heterocycles. The van der Waals surface area contributed by atoms with Crippen LogP contribution in [0, 0.1) is 5.41 Å². The van der Waals surface area contributed by atoms with Crippen LogP contribution < -0.4 is 4.90 Å². The number of likely N-dealkylation sites (N-methyl/N-ethyl adjacent to an activating group) is 1. The van der Waals surface area contributed by atoms with E-state index >= 15 is 0 Å². The third-order valence-electron chi connectivity index (χ3n) is 8.37. The third-order valence-corrected chi connectivity index (χ3v) is 8.37. The highest BCUT2D eigenvalue weighted by Crippen LogP contribution is 2.62. The Bertz CT molecular complexity index is 1360. The second-order valence-corrected chi connectivity index (χ2v) is 10.3. The molecule has 0 aliphatic carbocycles. The van der Waals surface area contributed by atoms with Crippen molar-refractivity contribution in [1.82, 2.24) is 9.80 Å². The Labute approximate surface area is 209 Å². The normalized spacial score (nSPS) is 26.8. The van der Waals surface area contributed by atoms with E-state index in [0.717, 1.165) is 16.2 Å². The second-order valence-electron chi connectivity index (χ2n) is 10.3. The van der Waals surface area contributed by atoms with Gasteiger partial charge in [-0.15, -0.1) is 6.58 Å². The molecule has 2 fully saturated rings. The number of imide groups is 1. The lowest BCUT2D eigenvalue weighted by Crippen LogP contribution is -2.67. The van der Waals surface area contributed by atoms with Gasteiger partial charge in [0.1, 0.15) is 18.2 Å². The van der Waals surface area contributed by atoms with Crippen LogP contribution in [0.15, 0.2) is 66.3 Å². The number of rotatable bonds is 4. The van der Waals surface area contributed by atoms with Gasteiger partial charge in [0.15, 0.2) is 0 Å². The van der Waals surface area contributed by atoms with Crippen molar-refractivity contribution in [3.8, 4) is 0 Å². The van der Waals surface area contributed by atoms with Crippen LogP contribution >= 0.6 is 0 Å². The van der Waals surface area contributed by atoms with E-state index in [0.29, 0.717) is 6.42 Å². The van der Waals surface area contributed by atoms with Gasteiger partial charge in [-0.25, -0.2) is 0 Å². The highest BCUT2D eigenvalue weighted by Gasteiger charge is 2.69. The number of nitrogens with zero attached hydrogens (tertiary/aromatic N) is 6. The standard InChI is InChI=1S/C27H28N6O3/c1-6-26(3,4)27-15-21-24(36)32(23(35)17-11-7-9-13-19(17)29-30-28)16(2)22(34)33(21)25(27)31(5)20-14-10-8-12-18(20)27/h6-14,16,21,25H,1,15H2,2-5H3/t16-,21+,25+,27-/m1/s1. The van der Waals surface area contributed by atoms with Gasteiger partial charge in [-0.2, -0.15) is 0 Å². The fraction of sp³-hybridized carbons (Fsp3) is 0.370. The largest absolute Gasteiger partial charge is 0.353 e. The van der Waals surface area contributed by atoms with E-state index in [2.05, 4.69) is 41.4 Å². The third kappa shape index (κ3) is 2.83. The van der Waals surface area contributed by atoms with Gasteiger partial charge in [-0.1, -0.05) is 61.4 Å². The van der Waals surface area contributed by atoms with Crippen LogP contribution in [0.2, 0.25) is 0 Å². The quantitative estimate of drug-likeness (QED) is 0.209. The van der Waals surface area contributed by atoms with Gasteiger partial charge in [-0.3, -0.25) is 19.3 Å². The lowest BCUT2D eigenvalue weighted by atomic mass is 9.60. The summed E-state index contributed by atoms with van der Waals surface area (Å²) in [6.45, 7) is 9.84. The van der Waals surface area contributed by atoms with E-state index in [9.17, 15) is 14.4 Å². The summed E-state index contributed by atoms with van der Waals surface area (Å²) in [4.78, 5) is 49.2. The predicted molar refractivity (Wildman–Crippen MR) is 135 cm³/mol. The van der Waals surface area contributed by atoms with E-state index < -0.39 is 40.9 Å². The van der Waals surface area contributed by atoms with Gasteiger partial charge in [0.05, 0.1) is 5.69 Å². The lowest BCUT2D eigenvalue weighted by molar-refractivity contribution is -0.157. The molecule has 0 bridgehead atoms. The Morgan fingerprint density at radius 3 is 2.53 bits per heavy atom. The Balaban J connectivity index is 1.64. The molecule has 0 saturated carbocycles. The Morgan fingerprint density at radius 2 is 1.83 bits per heavy atom. The van der Waals surface area contributed by atoms with Crippen LogP contribution in [0.5, 0.6) is 0 Å². The maximum Gasteiger partial charge on any atom is 0.261 e. The number of carbonyl (C=O) groups is 3. The molecule has 4 atom stereocenters. The molecule has 3 amide bonds. The van der Waals surface area contributed by atoms with Crippen molar-refractivity contribution >= 4 is 29.1 Å². The zero-order chi connectivity index (χ0) is 26.0. The number of piperazine rings is 1. The molecular weight excluding hydrogens is 456 g/mol. The molecule has 9 nitrogen and oxygen atoms in total. The Morgan fingerprint density at radius 1 is 1.17 bits per heavy atom. The van der Waals surface area contributed by atoms with E-state index in [1.807, 2.05) is 31.3 Å². The van der Waals surface area contributed by atoms with Crippen molar-refractivity contribution in [2.75, 3.05) is 11.9 Å². The smallest absolute Gasteiger partial charge is 0.261 e. The summed E-state index contributed by atoms with van der Waals surface area (Å²) in [7, 11) is 1.95. The average molecular weight is 485 g/mol. The maximum atomic E-state index is 14.0. The second kappa shape index (κ2) is 7.96. The number of allylic oxidation sites excluding steroid dienone is 1. The average Bonchev–Trinajstić information content (AvgIpc) is 3.37. The van der Waals surface area contributed by atoms with Crippen molar-refractivity contribution in [2.24, 2.45) is 10.5 Å². The highest BCUT2D eigenvalue weighted by atomic mass is 16.2. The van der Waals surface area contributed by atoms with Crippen molar-refractivity contribution < 1.29 is 14.4 Å². The van der Waals surface area contributed by atoms with Crippen LogP contribution in [-0.2, 0) is 15.0 Å². The summed E-state index contributed by atoms with van der Waals surface area (Å²) >= 11 is 0. The van der Waals surface area contributed by atoms with Crippen molar-refractivity contribution in [3.05, 3.63) is 82.8 Å². The summed E-state index contributed by atoms with van der Waals surface area (Å²) < 4.78 is 0. The van der Waals surface area contributed by atoms with Gasteiger partial charge in [-0.05, 0) is 42.0 Å². The number of anilines is 1. The van der Waals surface area contributed by atoms with Gasteiger partial charge in [0.25, 0.3) is 11.8 Å². The van der Waals surface area contributed by atoms with Crippen LogP contribution in [-0.4, -0.2) is 52.8 Å². The first-order valence-corrected chi connectivity index (χ1v) is 11.9. The zero-order valence-corrected chi connectivity index (χ0v) is 20.8.